The van der Waals surface area contributed by atoms with Crippen molar-refractivity contribution in [2.75, 3.05) is 50.2 Å². The summed E-state index contributed by atoms with van der Waals surface area (Å²) < 4.78 is 37.1. The molecular weight excluding hydrogens is 755 g/mol. The van der Waals surface area contributed by atoms with Gasteiger partial charge in [0.15, 0.2) is 0 Å². The quantitative estimate of drug-likeness (QED) is 0.323. The molecule has 1 aliphatic carbocycles. The van der Waals surface area contributed by atoms with Crippen LogP contribution in [-0.2, 0) is 51.2 Å². The lowest BCUT2D eigenvalue weighted by Gasteiger charge is -2.32. The van der Waals surface area contributed by atoms with Crippen LogP contribution in [0.4, 0.5) is 25.4 Å². The van der Waals surface area contributed by atoms with E-state index < -0.39 is 71.8 Å². The van der Waals surface area contributed by atoms with Crippen LogP contribution >= 0.6 is 0 Å². The van der Waals surface area contributed by atoms with Crippen molar-refractivity contribution >= 4 is 47.1 Å². The third-order valence-corrected chi connectivity index (χ3v) is 11.4. The highest BCUT2D eigenvalue weighted by Gasteiger charge is 2.46. The second-order valence-electron chi connectivity index (χ2n) is 15.6. The van der Waals surface area contributed by atoms with Crippen LogP contribution in [0.25, 0.3) is 0 Å². The summed E-state index contributed by atoms with van der Waals surface area (Å²) in [5.41, 5.74) is 2.06. The molecule has 4 heterocycles. The molecule has 2 saturated heterocycles. The Balaban J connectivity index is 1.14. The van der Waals surface area contributed by atoms with Crippen LogP contribution in [0.15, 0.2) is 42.5 Å². The van der Waals surface area contributed by atoms with Gasteiger partial charge in [0.2, 0.25) is 17.6 Å². The normalized spacial score (nSPS) is 26.3. The molecule has 5 aliphatic rings. The molecule has 5 atom stereocenters. The van der Waals surface area contributed by atoms with Crippen molar-refractivity contribution in [3.8, 4) is 0 Å². The number of alkyl carbamates (subject to hydrolysis) is 1. The van der Waals surface area contributed by atoms with Gasteiger partial charge in [-0.2, -0.15) is 0 Å². The van der Waals surface area contributed by atoms with E-state index in [1.165, 1.54) is 15.9 Å². The number of halogens is 1. The number of hydrogen-bond donors (Lipinski definition) is 4. The molecule has 3 fully saturated rings. The maximum atomic E-state index is 14.5. The minimum Gasteiger partial charge on any atom is -0.444 e. The molecule has 4 N–H and O–H groups in total. The molecule has 312 valence electrons. The predicted octanol–water partition coefficient (Wildman–Crippen LogP) is 3.63. The molecule has 7 rings (SSSR count). The molecule has 2 unspecified atom stereocenters. The summed E-state index contributed by atoms with van der Waals surface area (Å²) in [6.45, 7) is 1.75. The van der Waals surface area contributed by atoms with Crippen LogP contribution in [-0.4, -0.2) is 115 Å². The lowest BCUT2D eigenvalue weighted by atomic mass is 9.80. The second kappa shape index (κ2) is 19.0. The summed E-state index contributed by atoms with van der Waals surface area (Å²) in [5.74, 6) is -3.39. The van der Waals surface area contributed by atoms with E-state index >= 15 is 0 Å². The number of rotatable bonds is 5. The summed E-state index contributed by atoms with van der Waals surface area (Å²) in [7, 11) is 0. The molecule has 0 aromatic heterocycles. The fourth-order valence-electron chi connectivity index (χ4n) is 8.03. The summed E-state index contributed by atoms with van der Waals surface area (Å²) in [6, 6.07) is 8.04. The average Bonchev–Trinajstić information content (AvgIpc) is 3.97. The number of benzene rings is 2. The molecule has 2 aromatic rings. The highest BCUT2D eigenvalue weighted by atomic mass is 19.1. The van der Waals surface area contributed by atoms with E-state index in [0.29, 0.717) is 61.5 Å². The van der Waals surface area contributed by atoms with Gasteiger partial charge in [0.25, 0.3) is 5.91 Å². The summed E-state index contributed by atoms with van der Waals surface area (Å²) >= 11 is 0. The molecule has 0 radical (unpaired) electrons. The van der Waals surface area contributed by atoms with E-state index in [-0.39, 0.29) is 58.0 Å². The van der Waals surface area contributed by atoms with E-state index in [2.05, 4.69) is 21.3 Å². The fraction of sp³-hybridized carbons (Fsp3) is 0.561. The highest BCUT2D eigenvalue weighted by Crippen LogP contribution is 2.32. The number of anilines is 2. The monoisotopic (exact) mass is 806 g/mol. The van der Waals surface area contributed by atoms with Gasteiger partial charge >= 0.3 is 12.2 Å². The number of ketones is 1. The zero-order valence-corrected chi connectivity index (χ0v) is 32.4. The summed E-state index contributed by atoms with van der Waals surface area (Å²) in [5, 5.41) is 11.5. The number of ether oxygens (including phenoxy) is 4. The van der Waals surface area contributed by atoms with E-state index in [0.717, 1.165) is 19.3 Å². The van der Waals surface area contributed by atoms with E-state index in [1.807, 2.05) is 0 Å². The summed E-state index contributed by atoms with van der Waals surface area (Å²) in [6.07, 6.45) is 1.35. The van der Waals surface area contributed by atoms with E-state index in [4.69, 9.17) is 18.9 Å². The first-order valence-corrected chi connectivity index (χ1v) is 20.3. The summed E-state index contributed by atoms with van der Waals surface area (Å²) in [4.78, 5) is 85.5. The zero-order valence-electron chi connectivity index (χ0n) is 32.4. The average molecular weight is 807 g/mol. The highest BCUT2D eigenvalue weighted by molar-refractivity contribution is 6.42. The van der Waals surface area contributed by atoms with Gasteiger partial charge in [-0.25, -0.2) is 14.0 Å². The molecule has 5 amide bonds. The lowest BCUT2D eigenvalue weighted by Crippen LogP contribution is -2.56. The van der Waals surface area contributed by atoms with Gasteiger partial charge < -0.3 is 45.1 Å². The maximum absolute atomic E-state index is 14.5. The molecule has 4 aliphatic heterocycles. The Morgan fingerprint density at radius 2 is 1.67 bits per heavy atom. The number of nitrogens with zero attached hydrogens (tertiary/aromatic N) is 2. The van der Waals surface area contributed by atoms with Crippen molar-refractivity contribution in [3.05, 3.63) is 59.4 Å². The molecule has 0 bridgehead atoms. The van der Waals surface area contributed by atoms with Crippen molar-refractivity contribution in [3.63, 3.8) is 0 Å². The van der Waals surface area contributed by atoms with E-state index in [1.54, 1.807) is 36.4 Å². The van der Waals surface area contributed by atoms with Gasteiger partial charge in [-0.15, -0.1) is 0 Å². The number of hydrogen-bond acceptors (Lipinski definition) is 11. The van der Waals surface area contributed by atoms with Crippen molar-refractivity contribution in [2.24, 2.45) is 5.92 Å². The third kappa shape index (κ3) is 10.0. The van der Waals surface area contributed by atoms with Crippen molar-refractivity contribution < 1.29 is 52.1 Å². The van der Waals surface area contributed by atoms with Gasteiger partial charge in [0.1, 0.15) is 30.1 Å². The van der Waals surface area contributed by atoms with Gasteiger partial charge in [-0.05, 0) is 55.4 Å². The maximum Gasteiger partial charge on any atom is 0.410 e. The fourth-order valence-corrected chi connectivity index (χ4v) is 8.03. The van der Waals surface area contributed by atoms with Gasteiger partial charge in [0, 0.05) is 44.7 Å². The molecule has 17 heteroatoms. The minimum absolute atomic E-state index is 0.00408. The Hall–Kier alpha value is -5.29. The Morgan fingerprint density at radius 1 is 0.862 bits per heavy atom. The topological polar surface area (TPSA) is 194 Å². The number of carbonyl (C=O) groups excluding carboxylic acids is 6. The van der Waals surface area contributed by atoms with Crippen LogP contribution in [0, 0.1) is 11.7 Å². The van der Waals surface area contributed by atoms with Crippen molar-refractivity contribution in [2.45, 2.75) is 101 Å². The van der Waals surface area contributed by atoms with Gasteiger partial charge in [0.05, 0.1) is 43.7 Å². The molecular formula is C41H51FN6O10. The minimum atomic E-state index is -1.24. The lowest BCUT2D eigenvalue weighted by molar-refractivity contribution is -0.142. The van der Waals surface area contributed by atoms with Gasteiger partial charge in [-0.1, -0.05) is 43.5 Å². The first-order chi connectivity index (χ1) is 28.1. The predicted molar refractivity (Wildman–Crippen MR) is 206 cm³/mol. The largest absolute Gasteiger partial charge is 0.444 e. The Bertz CT molecular complexity index is 1850. The van der Waals surface area contributed by atoms with E-state index in [9.17, 15) is 33.2 Å². The number of carbonyl (C=O) groups is 6. The van der Waals surface area contributed by atoms with Crippen LogP contribution in [0.5, 0.6) is 0 Å². The standard InChI is InChI=1S/C41H51FN6O10/c42-30-10-4-9-26-21-47(23-29(26)30)41(54)58-28-20-35-37(50)45-34(19-25-7-3-8-25)36(49)38(51)44-32-12-2-1-11-31(32)43-15-6-17-55-16-5-13-33(39(52)48(35)22-28)46-40(53)57-27-14-18-56-24-27/h1-2,4,9-12,25,27-28,33-35,43H,3,5-8,13-24H2,(H,44,51)(H,45,50)(H,46,53)/t27?,28-,33+,34?,35+/m1/s1. The first-order valence-electron chi connectivity index (χ1n) is 20.3. The van der Waals surface area contributed by atoms with Crippen molar-refractivity contribution in [1.82, 2.24) is 20.4 Å². The number of Topliss-reactive ketones (excluding diaryl/α,β-unsaturated/α-hetero) is 1. The van der Waals surface area contributed by atoms with Crippen LogP contribution < -0.4 is 21.3 Å². The molecule has 16 nitrogen and oxygen atoms in total. The molecule has 1 saturated carbocycles. The van der Waals surface area contributed by atoms with Crippen LogP contribution in [0.1, 0.15) is 68.9 Å². The molecule has 58 heavy (non-hydrogen) atoms. The Morgan fingerprint density at radius 3 is 2.43 bits per heavy atom. The number of para-hydroxylation sites is 2. The second-order valence-corrected chi connectivity index (χ2v) is 15.6. The number of fused-ring (bicyclic) bond motifs is 3. The number of nitrogens with one attached hydrogen (secondary N) is 4. The third-order valence-electron chi connectivity index (χ3n) is 11.4. The molecule has 2 aromatic carbocycles. The Kier molecular flexibility index (Phi) is 13.4. The zero-order chi connectivity index (χ0) is 40.6. The number of amides is 5. The van der Waals surface area contributed by atoms with Crippen LogP contribution in [0.3, 0.4) is 0 Å². The SMILES string of the molecule is O=C(N[C@H]1CCCOCCCNc2ccccc2NC(=O)C(=O)C(CC2CCC2)NC(=O)[C@@H]2C[C@@H](OC(=O)N3Cc4cccc(F)c4C3)CN2C1=O)OC1CCOC1. The Labute approximate surface area is 335 Å². The van der Waals surface area contributed by atoms with Crippen molar-refractivity contribution in [1.29, 1.82) is 0 Å². The smallest absolute Gasteiger partial charge is 0.410 e. The first kappa shape index (κ1) is 40.9. The molecule has 0 spiro atoms. The van der Waals surface area contributed by atoms with Crippen LogP contribution in [0.2, 0.25) is 0 Å². The van der Waals surface area contributed by atoms with Gasteiger partial charge in [-0.3, -0.25) is 24.1 Å².